The maximum Gasteiger partial charge on any atom is 0.0366 e. The molecule has 0 N–H and O–H groups in total. The Kier molecular flexibility index (Phi) is 3.65. The highest BCUT2D eigenvalue weighted by Crippen LogP contribution is 2.19. The predicted molar refractivity (Wildman–Crippen MR) is 66.5 cm³/mol. The third-order valence-corrected chi connectivity index (χ3v) is 3.26. The lowest BCUT2D eigenvalue weighted by Crippen LogP contribution is -2.26. The van der Waals surface area contributed by atoms with Crippen molar-refractivity contribution < 1.29 is 0 Å². The molecule has 1 aliphatic rings. The maximum atomic E-state index is 2.54. The molecule has 0 saturated carbocycles. The summed E-state index contributed by atoms with van der Waals surface area (Å²) in [6, 6.07) is 8.95. The minimum Gasteiger partial charge on any atom is -0.372 e. The molecule has 0 unspecified atom stereocenters. The molecule has 1 nitrogen and oxygen atoms in total. The SMILES string of the molecule is Cc1ccc(N2CCCCCCC2)cc1. The number of hydrogen-bond acceptors (Lipinski definition) is 1. The number of nitrogens with zero attached hydrogens (tertiary/aromatic N) is 1. The number of aryl methyl sites for hydroxylation is 1. The summed E-state index contributed by atoms with van der Waals surface area (Å²) < 4.78 is 0. The standard InChI is InChI=1S/C14H21N/c1-13-7-9-14(10-8-13)15-11-5-3-2-4-6-12-15/h7-10H,2-6,11-12H2,1H3. The monoisotopic (exact) mass is 203 g/mol. The molecular weight excluding hydrogens is 182 g/mol. The average molecular weight is 203 g/mol. The molecule has 82 valence electrons. The van der Waals surface area contributed by atoms with Gasteiger partial charge in [-0.2, -0.15) is 0 Å². The summed E-state index contributed by atoms with van der Waals surface area (Å²) in [4.78, 5) is 2.54. The van der Waals surface area contributed by atoms with Crippen molar-refractivity contribution in [1.82, 2.24) is 0 Å². The normalized spacial score (nSPS) is 18.3. The summed E-state index contributed by atoms with van der Waals surface area (Å²) in [6.07, 6.45) is 6.95. The van der Waals surface area contributed by atoms with Crippen LogP contribution in [0, 0.1) is 6.92 Å². The fourth-order valence-corrected chi connectivity index (χ4v) is 2.26. The van der Waals surface area contributed by atoms with E-state index in [0.29, 0.717) is 0 Å². The Morgan fingerprint density at radius 2 is 1.33 bits per heavy atom. The Labute approximate surface area is 93.1 Å². The van der Waals surface area contributed by atoms with E-state index >= 15 is 0 Å². The summed E-state index contributed by atoms with van der Waals surface area (Å²) in [5, 5.41) is 0. The number of benzene rings is 1. The Hall–Kier alpha value is -0.980. The van der Waals surface area contributed by atoms with Gasteiger partial charge >= 0.3 is 0 Å². The van der Waals surface area contributed by atoms with Crippen LogP contribution >= 0.6 is 0 Å². The van der Waals surface area contributed by atoms with Crippen LogP contribution in [0.4, 0.5) is 5.69 Å². The van der Waals surface area contributed by atoms with Crippen LogP contribution < -0.4 is 4.90 Å². The molecular formula is C14H21N. The van der Waals surface area contributed by atoms with Gasteiger partial charge in [0.05, 0.1) is 0 Å². The number of anilines is 1. The second-order valence-electron chi connectivity index (χ2n) is 4.59. The first kappa shape index (κ1) is 10.5. The van der Waals surface area contributed by atoms with Crippen LogP contribution in [0.15, 0.2) is 24.3 Å². The molecule has 1 heterocycles. The van der Waals surface area contributed by atoms with Gasteiger partial charge in [0, 0.05) is 18.8 Å². The Morgan fingerprint density at radius 1 is 0.800 bits per heavy atom. The van der Waals surface area contributed by atoms with Crippen LogP contribution in [0.5, 0.6) is 0 Å². The van der Waals surface area contributed by atoms with Gasteiger partial charge in [0.1, 0.15) is 0 Å². The molecule has 1 saturated heterocycles. The zero-order valence-corrected chi connectivity index (χ0v) is 9.71. The summed E-state index contributed by atoms with van der Waals surface area (Å²) in [6.45, 7) is 4.63. The lowest BCUT2D eigenvalue weighted by molar-refractivity contribution is 0.556. The van der Waals surface area contributed by atoms with Crippen LogP contribution in [0.25, 0.3) is 0 Å². The summed E-state index contributed by atoms with van der Waals surface area (Å²) in [7, 11) is 0. The minimum atomic E-state index is 1.24. The Morgan fingerprint density at radius 3 is 1.93 bits per heavy atom. The lowest BCUT2D eigenvalue weighted by atomic mass is 10.1. The first-order valence-corrected chi connectivity index (χ1v) is 6.18. The van der Waals surface area contributed by atoms with E-state index in [1.807, 2.05) is 0 Å². The predicted octanol–water partition coefficient (Wildman–Crippen LogP) is 3.77. The highest BCUT2D eigenvalue weighted by atomic mass is 15.1. The molecule has 0 bridgehead atoms. The molecule has 15 heavy (non-hydrogen) atoms. The van der Waals surface area contributed by atoms with Crippen LogP contribution in [0.1, 0.15) is 37.7 Å². The molecule has 0 radical (unpaired) electrons. The Bertz CT molecular complexity index is 281. The van der Waals surface area contributed by atoms with Crippen molar-refractivity contribution in [2.24, 2.45) is 0 Å². The van der Waals surface area contributed by atoms with Gasteiger partial charge < -0.3 is 4.90 Å². The second kappa shape index (κ2) is 5.20. The van der Waals surface area contributed by atoms with Crippen molar-refractivity contribution in [3.8, 4) is 0 Å². The lowest BCUT2D eigenvalue weighted by Gasteiger charge is -2.26. The molecule has 2 rings (SSSR count). The van der Waals surface area contributed by atoms with E-state index in [2.05, 4.69) is 36.1 Å². The molecule has 0 spiro atoms. The summed E-state index contributed by atoms with van der Waals surface area (Å²) in [5.74, 6) is 0. The Balaban J connectivity index is 2.03. The molecule has 1 fully saturated rings. The van der Waals surface area contributed by atoms with Gasteiger partial charge in [-0.1, -0.05) is 37.0 Å². The van der Waals surface area contributed by atoms with Crippen molar-refractivity contribution in [1.29, 1.82) is 0 Å². The maximum absolute atomic E-state index is 2.54. The number of hydrogen-bond donors (Lipinski definition) is 0. The van der Waals surface area contributed by atoms with Crippen LogP contribution in [-0.2, 0) is 0 Å². The molecule has 1 heteroatoms. The van der Waals surface area contributed by atoms with Crippen LogP contribution in [-0.4, -0.2) is 13.1 Å². The van der Waals surface area contributed by atoms with Crippen molar-refractivity contribution in [3.05, 3.63) is 29.8 Å². The van der Waals surface area contributed by atoms with Gasteiger partial charge in [-0.05, 0) is 31.9 Å². The third-order valence-electron chi connectivity index (χ3n) is 3.26. The smallest absolute Gasteiger partial charge is 0.0366 e. The zero-order chi connectivity index (χ0) is 10.5. The quantitative estimate of drug-likeness (QED) is 0.671. The third kappa shape index (κ3) is 2.98. The summed E-state index contributed by atoms with van der Waals surface area (Å²) >= 11 is 0. The largest absolute Gasteiger partial charge is 0.372 e. The fraction of sp³-hybridized carbons (Fsp3) is 0.571. The molecule has 1 aliphatic heterocycles. The zero-order valence-electron chi connectivity index (χ0n) is 9.71. The average Bonchev–Trinajstić information content (AvgIpc) is 2.19. The van der Waals surface area contributed by atoms with E-state index in [4.69, 9.17) is 0 Å². The van der Waals surface area contributed by atoms with E-state index in [1.54, 1.807) is 0 Å². The molecule has 0 amide bonds. The van der Waals surface area contributed by atoms with Crippen LogP contribution in [0.2, 0.25) is 0 Å². The second-order valence-corrected chi connectivity index (χ2v) is 4.59. The topological polar surface area (TPSA) is 3.24 Å². The van der Waals surface area contributed by atoms with E-state index < -0.39 is 0 Å². The van der Waals surface area contributed by atoms with E-state index in [1.165, 1.54) is 56.4 Å². The summed E-state index contributed by atoms with van der Waals surface area (Å²) in [5.41, 5.74) is 2.76. The number of rotatable bonds is 1. The van der Waals surface area contributed by atoms with Gasteiger partial charge in [0.2, 0.25) is 0 Å². The van der Waals surface area contributed by atoms with E-state index in [-0.39, 0.29) is 0 Å². The van der Waals surface area contributed by atoms with Gasteiger partial charge in [-0.15, -0.1) is 0 Å². The minimum absolute atomic E-state index is 1.24. The van der Waals surface area contributed by atoms with E-state index in [0.717, 1.165) is 0 Å². The van der Waals surface area contributed by atoms with E-state index in [9.17, 15) is 0 Å². The van der Waals surface area contributed by atoms with Gasteiger partial charge in [0.15, 0.2) is 0 Å². The fourth-order valence-electron chi connectivity index (χ4n) is 2.26. The molecule has 0 aliphatic carbocycles. The van der Waals surface area contributed by atoms with Crippen molar-refractivity contribution in [3.63, 3.8) is 0 Å². The molecule has 1 aromatic carbocycles. The molecule has 0 atom stereocenters. The molecule has 1 aromatic rings. The highest BCUT2D eigenvalue weighted by Gasteiger charge is 2.08. The molecule has 0 aromatic heterocycles. The highest BCUT2D eigenvalue weighted by molar-refractivity contribution is 5.47. The van der Waals surface area contributed by atoms with Crippen LogP contribution in [0.3, 0.4) is 0 Å². The van der Waals surface area contributed by atoms with Gasteiger partial charge in [0.25, 0.3) is 0 Å². The first-order valence-electron chi connectivity index (χ1n) is 6.18. The van der Waals surface area contributed by atoms with Gasteiger partial charge in [-0.25, -0.2) is 0 Å². The first-order chi connectivity index (χ1) is 7.36. The van der Waals surface area contributed by atoms with Crippen molar-refractivity contribution in [2.75, 3.05) is 18.0 Å². The van der Waals surface area contributed by atoms with Crippen molar-refractivity contribution in [2.45, 2.75) is 39.0 Å². The van der Waals surface area contributed by atoms with Crippen molar-refractivity contribution >= 4 is 5.69 Å². The van der Waals surface area contributed by atoms with Gasteiger partial charge in [-0.3, -0.25) is 0 Å².